The first-order valence-corrected chi connectivity index (χ1v) is 20.6. The van der Waals surface area contributed by atoms with E-state index in [2.05, 4.69) is 16.0 Å². The number of hydrogen-bond donors (Lipinski definition) is 5. The standard InChI is InChI=1S/C34H61IN3O10/c1-34(2,33(46)36-22-23-47-24-25-48-26-28(39)35-3)38-30(41)21-20-27(32(44)45)37-29(40)18-16-14-12-10-8-6-4-5-7-9-11-13-15-17-19-31(42)43/h27H,4-26H2,1-3H3,(H,36,46)(H,37,40)(H,38,41)(H,42,43)(H,44,45)/q-1/t27-/m0/s1. The summed E-state index contributed by atoms with van der Waals surface area (Å²) in [5, 5.41) is 26.0. The fourth-order valence-electron chi connectivity index (χ4n) is 4.83. The molecular weight excluding hydrogens is 737 g/mol. The van der Waals surface area contributed by atoms with Gasteiger partial charge in [-0.05, 0) is 19.3 Å². The van der Waals surface area contributed by atoms with Gasteiger partial charge in [0, 0.05) is 19.3 Å². The maximum atomic E-state index is 12.5. The molecule has 0 spiro atoms. The number of carbonyl (C=O) groups excluding carboxylic acids is 4. The van der Waals surface area contributed by atoms with Gasteiger partial charge in [-0.3, -0.25) is 14.4 Å². The van der Waals surface area contributed by atoms with Crippen LogP contribution in [-0.4, -0.2) is 93.1 Å². The predicted octanol–water partition coefficient (Wildman–Crippen LogP) is 0.952. The van der Waals surface area contributed by atoms with E-state index in [0.29, 0.717) is 6.42 Å². The van der Waals surface area contributed by atoms with Crippen LogP contribution in [0.3, 0.4) is 0 Å². The molecule has 14 heteroatoms. The van der Waals surface area contributed by atoms with Gasteiger partial charge in [-0.25, -0.2) is 4.79 Å². The fraction of sp³-hybridized carbons (Fsp3) is 0.824. The van der Waals surface area contributed by atoms with Gasteiger partial charge >= 0.3 is 130 Å². The van der Waals surface area contributed by atoms with Crippen LogP contribution in [0.1, 0.15) is 129 Å². The van der Waals surface area contributed by atoms with E-state index in [1.165, 1.54) is 52.4 Å². The third-order valence-electron chi connectivity index (χ3n) is 7.69. The summed E-state index contributed by atoms with van der Waals surface area (Å²) >= 11 is -0.467. The molecule has 0 aliphatic carbocycles. The zero-order chi connectivity index (χ0) is 36.0. The Labute approximate surface area is 297 Å². The Hall–Kier alpha value is -2.33. The normalized spacial score (nSPS) is 12.0. The Morgan fingerprint density at radius 1 is 0.667 bits per heavy atom. The van der Waals surface area contributed by atoms with Crippen molar-refractivity contribution in [2.75, 3.05) is 37.9 Å². The van der Waals surface area contributed by atoms with Crippen molar-refractivity contribution in [1.82, 2.24) is 16.0 Å². The summed E-state index contributed by atoms with van der Waals surface area (Å²) < 4.78 is 10.7. The van der Waals surface area contributed by atoms with E-state index in [0.717, 1.165) is 44.9 Å². The molecule has 0 aromatic heterocycles. The SMILES string of the molecule is C[I-]C(=O)COCCOCCNC(=O)C(C)(C)NC(=O)CC[C@H](NC(=O)CCCCCCCCCCCCCCCCC(=O)O)C(=O)O. The number of carboxylic acid groups (broad SMARTS) is 2. The Kier molecular flexibility index (Phi) is 28.1. The predicted molar refractivity (Wildman–Crippen MR) is 178 cm³/mol. The number of halogens is 1. The zero-order valence-electron chi connectivity index (χ0n) is 29.4. The van der Waals surface area contributed by atoms with E-state index in [9.17, 15) is 33.9 Å². The average Bonchev–Trinajstić information content (AvgIpc) is 3.03. The summed E-state index contributed by atoms with van der Waals surface area (Å²) in [5.41, 5.74) is -1.24. The van der Waals surface area contributed by atoms with Crippen molar-refractivity contribution in [2.45, 2.75) is 141 Å². The molecule has 3 amide bonds. The molecule has 0 fully saturated rings. The Bertz CT molecular complexity index is 948. The van der Waals surface area contributed by atoms with Gasteiger partial charge in [-0.15, -0.1) is 0 Å². The third-order valence-corrected chi connectivity index (χ3v) is 9.20. The molecule has 0 radical (unpaired) electrons. The second kappa shape index (κ2) is 29.6. The van der Waals surface area contributed by atoms with Crippen molar-refractivity contribution in [1.29, 1.82) is 0 Å². The number of amides is 3. The van der Waals surface area contributed by atoms with Crippen molar-refractivity contribution >= 4 is 33.5 Å². The molecule has 280 valence electrons. The van der Waals surface area contributed by atoms with Crippen LogP contribution < -0.4 is 37.2 Å². The number of rotatable bonds is 33. The van der Waals surface area contributed by atoms with Crippen LogP contribution in [0.25, 0.3) is 0 Å². The molecule has 5 N–H and O–H groups in total. The van der Waals surface area contributed by atoms with Crippen molar-refractivity contribution in [2.24, 2.45) is 0 Å². The van der Waals surface area contributed by atoms with Gasteiger partial charge in [0.05, 0.1) is 0 Å². The molecule has 1 atom stereocenters. The van der Waals surface area contributed by atoms with Gasteiger partial charge in [-0.2, -0.15) is 0 Å². The third kappa shape index (κ3) is 27.6. The second-order valence-corrected chi connectivity index (χ2v) is 14.8. The van der Waals surface area contributed by atoms with E-state index in [-0.39, 0.29) is 68.4 Å². The van der Waals surface area contributed by atoms with Gasteiger partial charge in [0.2, 0.25) is 11.8 Å². The molecule has 0 saturated heterocycles. The van der Waals surface area contributed by atoms with Gasteiger partial charge in [-0.1, -0.05) is 77.0 Å². The fourth-order valence-corrected chi connectivity index (χ4v) is 5.37. The first-order valence-electron chi connectivity index (χ1n) is 17.4. The molecule has 0 unspecified atom stereocenters. The molecule has 0 aliphatic rings. The van der Waals surface area contributed by atoms with Gasteiger partial charge in [0.25, 0.3) is 0 Å². The summed E-state index contributed by atoms with van der Waals surface area (Å²) in [6.07, 6.45) is 15.3. The van der Waals surface area contributed by atoms with Crippen LogP contribution >= 0.6 is 0 Å². The number of carbonyl (C=O) groups is 6. The number of nitrogens with one attached hydrogen (secondary N) is 3. The monoisotopic (exact) mass is 798 g/mol. The van der Waals surface area contributed by atoms with Crippen LogP contribution in [0.5, 0.6) is 0 Å². The summed E-state index contributed by atoms with van der Waals surface area (Å²) in [5.74, 6) is -3.21. The molecule has 0 saturated carbocycles. The molecular formula is C34H61IN3O10-. The number of carboxylic acids is 2. The summed E-state index contributed by atoms with van der Waals surface area (Å²) in [6.45, 7) is 4.20. The van der Waals surface area contributed by atoms with E-state index in [4.69, 9.17) is 14.6 Å². The average molecular weight is 799 g/mol. The van der Waals surface area contributed by atoms with Crippen molar-refractivity contribution in [3.05, 3.63) is 0 Å². The Morgan fingerprint density at radius 2 is 1.17 bits per heavy atom. The Balaban J connectivity index is 3.98. The Morgan fingerprint density at radius 3 is 1.67 bits per heavy atom. The number of hydrogen-bond acceptors (Lipinski definition) is 8. The zero-order valence-corrected chi connectivity index (χ0v) is 31.5. The van der Waals surface area contributed by atoms with Gasteiger partial charge < -0.3 is 15.5 Å². The van der Waals surface area contributed by atoms with Crippen LogP contribution in [0.4, 0.5) is 0 Å². The molecule has 0 heterocycles. The minimum Gasteiger partial charge on any atom is -0.481 e. The molecule has 48 heavy (non-hydrogen) atoms. The van der Waals surface area contributed by atoms with E-state index < -0.39 is 56.5 Å². The van der Waals surface area contributed by atoms with Crippen LogP contribution in [0, 0.1) is 0 Å². The van der Waals surface area contributed by atoms with Crippen molar-refractivity contribution in [3.8, 4) is 0 Å². The van der Waals surface area contributed by atoms with Gasteiger partial charge in [0.1, 0.15) is 6.04 Å². The molecule has 0 bridgehead atoms. The molecule has 0 rings (SSSR count). The minimum absolute atomic E-state index is 0.0983. The van der Waals surface area contributed by atoms with Crippen LogP contribution in [-0.2, 0) is 38.2 Å². The van der Waals surface area contributed by atoms with E-state index in [1.54, 1.807) is 0 Å². The first kappa shape index (κ1) is 45.7. The summed E-state index contributed by atoms with van der Waals surface area (Å²) in [6, 6.07) is -1.19. The molecule has 0 aliphatic heterocycles. The molecule has 0 aromatic rings. The number of alkyl halides is 1. The van der Waals surface area contributed by atoms with Crippen molar-refractivity contribution < 1.29 is 69.7 Å². The van der Waals surface area contributed by atoms with E-state index >= 15 is 0 Å². The molecule has 0 aromatic carbocycles. The maximum absolute atomic E-state index is 12.5. The topological polar surface area (TPSA) is 197 Å². The summed E-state index contributed by atoms with van der Waals surface area (Å²) in [7, 11) is 0. The second-order valence-electron chi connectivity index (χ2n) is 12.5. The number of unbranched alkanes of at least 4 members (excludes halogenated alkanes) is 13. The van der Waals surface area contributed by atoms with Gasteiger partial charge in [0.15, 0.2) is 0 Å². The minimum atomic E-state index is -1.24. The molecule has 13 nitrogen and oxygen atoms in total. The van der Waals surface area contributed by atoms with E-state index in [1.807, 2.05) is 4.93 Å². The van der Waals surface area contributed by atoms with Crippen LogP contribution in [0.2, 0.25) is 0 Å². The quantitative estimate of drug-likeness (QED) is 0.0276. The first-order chi connectivity index (χ1) is 22.9. The van der Waals surface area contributed by atoms with Crippen LogP contribution in [0.15, 0.2) is 0 Å². The summed E-state index contributed by atoms with van der Waals surface area (Å²) in [4.78, 5) is 72.6. The number of ether oxygens (including phenoxy) is 2. The van der Waals surface area contributed by atoms with Crippen molar-refractivity contribution in [3.63, 3.8) is 0 Å². The number of aliphatic carboxylic acids is 2. The smallest absolute Gasteiger partial charge is 0.481 e.